The minimum atomic E-state index is -4.86. The second-order valence-electron chi connectivity index (χ2n) is 10.4. The number of aliphatic hydroxyl groups excluding tert-OH is 1. The fourth-order valence-corrected chi connectivity index (χ4v) is 7.18. The highest BCUT2D eigenvalue weighted by Crippen LogP contribution is 2.27. The number of aliphatic hydroxyl groups is 1. The van der Waals surface area contributed by atoms with Crippen molar-refractivity contribution in [2.45, 2.75) is 36.1 Å². The summed E-state index contributed by atoms with van der Waals surface area (Å²) < 4.78 is 89.4. The van der Waals surface area contributed by atoms with Gasteiger partial charge in [-0.1, -0.05) is 42.5 Å². The number of cyclic esters (lactones) is 1. The van der Waals surface area contributed by atoms with Crippen molar-refractivity contribution in [2.24, 2.45) is 0 Å². The molecule has 0 unspecified atom stereocenters. The summed E-state index contributed by atoms with van der Waals surface area (Å²) in [5.41, 5.74) is 0.816. The van der Waals surface area contributed by atoms with E-state index in [1.807, 2.05) is 0 Å². The van der Waals surface area contributed by atoms with Gasteiger partial charge in [-0.3, -0.25) is 9.69 Å². The van der Waals surface area contributed by atoms with Crippen molar-refractivity contribution >= 4 is 39.0 Å². The van der Waals surface area contributed by atoms with Gasteiger partial charge in [0.25, 0.3) is 5.91 Å². The zero-order valence-corrected chi connectivity index (χ0v) is 25.5. The lowest BCUT2D eigenvalue weighted by atomic mass is 10.0. The van der Waals surface area contributed by atoms with Crippen LogP contribution in [0.1, 0.15) is 10.4 Å². The maximum atomic E-state index is 14.7. The Morgan fingerprint density at radius 1 is 1.00 bits per heavy atom. The Kier molecular flexibility index (Phi) is 10.1. The van der Waals surface area contributed by atoms with Gasteiger partial charge >= 0.3 is 6.09 Å². The van der Waals surface area contributed by atoms with Gasteiger partial charge in [-0.2, -0.15) is 4.31 Å². The van der Waals surface area contributed by atoms with Gasteiger partial charge in [-0.25, -0.2) is 30.8 Å². The normalized spacial score (nSPS) is 16.3. The molecule has 0 radical (unpaired) electrons. The fourth-order valence-electron chi connectivity index (χ4n) is 4.88. The van der Waals surface area contributed by atoms with E-state index in [1.165, 1.54) is 29.5 Å². The molecule has 4 aromatic rings. The van der Waals surface area contributed by atoms with E-state index in [-0.39, 0.29) is 37.3 Å². The highest BCUT2D eigenvalue weighted by molar-refractivity contribution is 7.89. The van der Waals surface area contributed by atoms with Gasteiger partial charge in [0.15, 0.2) is 17.7 Å². The Bertz CT molecular complexity index is 1810. The van der Waals surface area contributed by atoms with Gasteiger partial charge in [0.1, 0.15) is 16.5 Å². The first-order valence-corrected chi connectivity index (χ1v) is 16.2. The number of ether oxygens (including phenoxy) is 1. The van der Waals surface area contributed by atoms with Crippen LogP contribution in [0.25, 0.3) is 0 Å². The van der Waals surface area contributed by atoms with Crippen LogP contribution in [0.3, 0.4) is 0 Å². The van der Waals surface area contributed by atoms with E-state index in [4.69, 9.17) is 4.74 Å². The van der Waals surface area contributed by atoms with Gasteiger partial charge in [0.05, 0.1) is 24.4 Å². The van der Waals surface area contributed by atoms with Crippen molar-refractivity contribution in [2.75, 3.05) is 18.0 Å². The molecule has 3 atom stereocenters. The first kappa shape index (κ1) is 33.1. The van der Waals surface area contributed by atoms with Crippen molar-refractivity contribution in [3.63, 3.8) is 0 Å². The third-order valence-corrected chi connectivity index (χ3v) is 9.90. The molecule has 3 aromatic carbocycles. The molecular weight excluding hydrogens is 650 g/mol. The Labute approximate surface area is 265 Å². The van der Waals surface area contributed by atoms with Crippen LogP contribution in [0.4, 0.5) is 28.0 Å². The number of rotatable bonds is 12. The third kappa shape index (κ3) is 7.55. The Morgan fingerprint density at radius 3 is 2.43 bits per heavy atom. The molecular formula is C31H27F4N3O6S2. The number of carbonyl (C=O) groups is 2. The molecule has 0 saturated carbocycles. The average Bonchev–Trinajstić information content (AvgIpc) is 3.68. The Morgan fingerprint density at radius 2 is 1.74 bits per heavy atom. The van der Waals surface area contributed by atoms with Crippen LogP contribution >= 0.6 is 11.3 Å². The summed E-state index contributed by atoms with van der Waals surface area (Å²) >= 11 is 1.18. The van der Waals surface area contributed by atoms with E-state index < -0.39 is 75.0 Å². The summed E-state index contributed by atoms with van der Waals surface area (Å²) in [4.78, 5) is 26.3. The van der Waals surface area contributed by atoms with Crippen molar-refractivity contribution in [1.29, 1.82) is 0 Å². The van der Waals surface area contributed by atoms with E-state index >= 15 is 0 Å². The van der Waals surface area contributed by atoms with Crippen molar-refractivity contribution < 1.29 is 45.4 Å². The van der Waals surface area contributed by atoms with Crippen molar-refractivity contribution in [3.8, 4) is 0 Å². The monoisotopic (exact) mass is 677 g/mol. The predicted molar refractivity (Wildman–Crippen MR) is 160 cm³/mol. The lowest BCUT2D eigenvalue weighted by molar-refractivity contribution is -0.129. The number of thiophene rings is 1. The number of nitrogens with zero attached hydrogens (tertiary/aromatic N) is 2. The van der Waals surface area contributed by atoms with E-state index in [2.05, 4.69) is 5.32 Å². The zero-order valence-electron chi connectivity index (χ0n) is 23.9. The maximum absolute atomic E-state index is 14.7. The number of halogens is 4. The van der Waals surface area contributed by atoms with E-state index in [9.17, 15) is 40.7 Å². The number of nitrogens with one attached hydrogen (secondary N) is 1. The zero-order chi connectivity index (χ0) is 33.0. The van der Waals surface area contributed by atoms with Crippen molar-refractivity contribution in [3.05, 3.63) is 118 Å². The molecule has 1 saturated heterocycles. The van der Waals surface area contributed by atoms with Gasteiger partial charge in [-0.15, -0.1) is 11.3 Å². The minimum absolute atomic E-state index is 0.00550. The molecule has 1 aliphatic heterocycles. The van der Waals surface area contributed by atoms with Crippen LogP contribution in [-0.2, 0) is 32.5 Å². The van der Waals surface area contributed by atoms with Gasteiger partial charge < -0.3 is 15.2 Å². The number of anilines is 1. The van der Waals surface area contributed by atoms with Crippen LogP contribution in [0.15, 0.2) is 89.1 Å². The van der Waals surface area contributed by atoms with E-state index in [1.54, 1.807) is 47.8 Å². The van der Waals surface area contributed by atoms with Crippen LogP contribution in [-0.4, -0.2) is 61.2 Å². The average molecular weight is 678 g/mol. The molecule has 0 bridgehead atoms. The molecule has 46 heavy (non-hydrogen) atoms. The smallest absolute Gasteiger partial charge is 0.415 e. The quantitative estimate of drug-likeness (QED) is 0.167. The number of benzene rings is 3. The van der Waals surface area contributed by atoms with Crippen LogP contribution < -0.4 is 10.2 Å². The maximum Gasteiger partial charge on any atom is 0.415 e. The number of hydrogen-bond acceptors (Lipinski definition) is 7. The predicted octanol–water partition coefficient (Wildman–Crippen LogP) is 4.61. The highest BCUT2D eigenvalue weighted by Gasteiger charge is 2.39. The summed E-state index contributed by atoms with van der Waals surface area (Å²) in [5.74, 6) is -6.09. The molecule has 2 heterocycles. The fraction of sp³-hybridized carbons (Fsp3) is 0.226. The van der Waals surface area contributed by atoms with Gasteiger partial charge in [0.2, 0.25) is 10.0 Å². The van der Waals surface area contributed by atoms with Gasteiger partial charge in [-0.05, 0) is 47.7 Å². The Hall–Kier alpha value is -4.31. The third-order valence-electron chi connectivity index (χ3n) is 7.21. The summed E-state index contributed by atoms with van der Waals surface area (Å²) in [6.45, 7) is -1.32. The van der Waals surface area contributed by atoms with Crippen LogP contribution in [0.5, 0.6) is 0 Å². The number of sulfonamides is 1. The summed E-state index contributed by atoms with van der Waals surface area (Å²) in [7, 11) is -4.86. The molecule has 0 aliphatic carbocycles. The largest absolute Gasteiger partial charge is 0.434 e. The molecule has 242 valence electrons. The Balaban J connectivity index is 1.41. The molecule has 1 aliphatic rings. The molecule has 5 rings (SSSR count). The first-order valence-electron chi connectivity index (χ1n) is 13.9. The highest BCUT2D eigenvalue weighted by atomic mass is 32.2. The number of hydrogen-bond donors (Lipinski definition) is 2. The molecule has 1 aromatic heterocycles. The molecule has 2 amide bonds. The minimum Gasteiger partial charge on any atom is -0.434 e. The second kappa shape index (κ2) is 14.0. The van der Waals surface area contributed by atoms with Crippen molar-refractivity contribution in [1.82, 2.24) is 9.62 Å². The SMILES string of the molecule is O=C(N[C@@H](Cc1ccccc1)[C@H](O)CN(Cc1cccs1)S(=O)(=O)c1cc(F)c(F)cc1F)[C@@H]1CN(c2cccc(F)c2)C(=O)O1. The second-order valence-corrected chi connectivity index (χ2v) is 13.3. The van der Waals surface area contributed by atoms with Crippen LogP contribution in [0.2, 0.25) is 0 Å². The number of carbonyl (C=O) groups excluding carboxylic acids is 2. The molecule has 9 nitrogen and oxygen atoms in total. The van der Waals surface area contributed by atoms with E-state index in [0.29, 0.717) is 14.7 Å². The first-order chi connectivity index (χ1) is 21.9. The number of amides is 2. The lowest BCUT2D eigenvalue weighted by Gasteiger charge is -2.30. The van der Waals surface area contributed by atoms with E-state index in [0.717, 1.165) is 11.0 Å². The molecule has 0 spiro atoms. The molecule has 1 fully saturated rings. The summed E-state index contributed by atoms with van der Waals surface area (Å²) in [5, 5.41) is 15.7. The topological polar surface area (TPSA) is 116 Å². The summed E-state index contributed by atoms with van der Waals surface area (Å²) in [6, 6.07) is 16.2. The summed E-state index contributed by atoms with van der Waals surface area (Å²) in [6.07, 6.45) is -3.89. The van der Waals surface area contributed by atoms with Crippen LogP contribution in [0, 0.1) is 23.3 Å². The molecule has 2 N–H and O–H groups in total. The lowest BCUT2D eigenvalue weighted by Crippen LogP contribution is -2.53. The standard InChI is InChI=1S/C31H27F4N3O6S2/c32-20-8-4-9-21(13-20)38-18-28(44-31(38)41)30(40)36-26(12-19-6-2-1-3-7-19)27(39)17-37(16-22-10-5-11-45-22)46(42,43)29-15-24(34)23(33)14-25(29)35/h1-11,13-15,26-28,39H,12,16-18H2,(H,36,40)/t26-,27+,28-/m0/s1. The van der Waals surface area contributed by atoms with Gasteiger partial charge in [0, 0.05) is 24.0 Å². The molecule has 15 heteroatoms.